The van der Waals surface area contributed by atoms with Gasteiger partial charge in [-0.25, -0.2) is 4.98 Å². The van der Waals surface area contributed by atoms with Gasteiger partial charge in [0.25, 0.3) is 0 Å². The Labute approximate surface area is 98.7 Å². The molecule has 0 bridgehead atoms. The zero-order valence-corrected chi connectivity index (χ0v) is 9.13. The van der Waals surface area contributed by atoms with Gasteiger partial charge in [-0.2, -0.15) is 4.98 Å². The van der Waals surface area contributed by atoms with Gasteiger partial charge in [-0.05, 0) is 12.1 Å². The molecule has 0 saturated carbocycles. The molecule has 3 rings (SSSR count). The average molecular weight is 228 g/mol. The number of nitrogens with zero attached hydrogens (tertiary/aromatic N) is 2. The number of aromatic nitrogens is 2. The van der Waals surface area contributed by atoms with Gasteiger partial charge in [0.1, 0.15) is 18.2 Å². The van der Waals surface area contributed by atoms with Gasteiger partial charge in [-0.15, -0.1) is 0 Å². The second kappa shape index (κ2) is 3.93. The summed E-state index contributed by atoms with van der Waals surface area (Å²) in [6, 6.07) is 9.67. The number of nitrogen functional groups attached to an aromatic ring is 1. The monoisotopic (exact) mass is 228 g/mol. The second-order valence-electron chi connectivity index (χ2n) is 3.85. The van der Waals surface area contributed by atoms with Crippen LogP contribution in [-0.4, -0.2) is 16.6 Å². The minimum Gasteiger partial charge on any atom is -0.491 e. The number of hydrogen-bond donors (Lipinski definition) is 2. The van der Waals surface area contributed by atoms with Crippen molar-refractivity contribution in [1.29, 1.82) is 0 Å². The number of benzene rings is 1. The lowest BCUT2D eigenvalue weighted by atomic mass is 10.1. The maximum Gasteiger partial charge on any atom is 0.225 e. The smallest absolute Gasteiger partial charge is 0.225 e. The van der Waals surface area contributed by atoms with E-state index in [9.17, 15) is 0 Å². The van der Waals surface area contributed by atoms with Crippen molar-refractivity contribution < 1.29 is 4.74 Å². The summed E-state index contributed by atoms with van der Waals surface area (Å²) in [5.41, 5.74) is 6.73. The van der Waals surface area contributed by atoms with E-state index >= 15 is 0 Å². The van der Waals surface area contributed by atoms with Gasteiger partial charge in [0.05, 0.1) is 6.04 Å². The third kappa shape index (κ3) is 1.87. The fraction of sp³-hybridized carbons (Fsp3) is 0.167. The molecule has 2 heterocycles. The Bertz CT molecular complexity index is 544. The van der Waals surface area contributed by atoms with Crippen LogP contribution in [0.5, 0.6) is 5.75 Å². The Morgan fingerprint density at radius 1 is 1.29 bits per heavy atom. The summed E-state index contributed by atoms with van der Waals surface area (Å²) in [4.78, 5) is 8.23. The fourth-order valence-corrected chi connectivity index (χ4v) is 1.88. The van der Waals surface area contributed by atoms with Gasteiger partial charge in [-0.3, -0.25) is 0 Å². The summed E-state index contributed by atoms with van der Waals surface area (Å²) in [7, 11) is 0. The maximum atomic E-state index is 5.61. The lowest BCUT2D eigenvalue weighted by Gasteiger charge is -2.11. The van der Waals surface area contributed by atoms with Crippen molar-refractivity contribution in [2.45, 2.75) is 6.04 Å². The van der Waals surface area contributed by atoms with Crippen molar-refractivity contribution in [1.82, 2.24) is 9.97 Å². The lowest BCUT2D eigenvalue weighted by molar-refractivity contribution is 0.339. The molecule has 1 unspecified atom stereocenters. The van der Waals surface area contributed by atoms with Crippen LogP contribution in [0.2, 0.25) is 0 Å². The maximum absolute atomic E-state index is 5.61. The number of hydrogen-bond acceptors (Lipinski definition) is 5. The lowest BCUT2D eigenvalue weighted by Crippen LogP contribution is -2.14. The number of ether oxygens (including phenoxy) is 1. The highest BCUT2D eigenvalue weighted by atomic mass is 16.5. The molecule has 0 amide bonds. The molecule has 5 nitrogen and oxygen atoms in total. The molecule has 3 N–H and O–H groups in total. The molecule has 5 heteroatoms. The Balaban J connectivity index is 1.84. The van der Waals surface area contributed by atoms with Crippen LogP contribution in [0.15, 0.2) is 36.5 Å². The molecule has 1 aromatic heterocycles. The van der Waals surface area contributed by atoms with Crippen molar-refractivity contribution in [3.8, 4) is 5.75 Å². The molecule has 86 valence electrons. The van der Waals surface area contributed by atoms with Crippen LogP contribution in [0, 0.1) is 0 Å². The van der Waals surface area contributed by atoms with Crippen LogP contribution in [0.3, 0.4) is 0 Å². The van der Waals surface area contributed by atoms with E-state index in [0.717, 1.165) is 11.3 Å². The first kappa shape index (κ1) is 9.89. The predicted octanol–water partition coefficient (Wildman–Crippen LogP) is 1.60. The largest absolute Gasteiger partial charge is 0.491 e. The summed E-state index contributed by atoms with van der Waals surface area (Å²) in [6.45, 7) is 0.581. The van der Waals surface area contributed by atoms with Crippen LogP contribution >= 0.6 is 0 Å². The number of nitrogens with one attached hydrogen (secondary N) is 1. The summed E-state index contributed by atoms with van der Waals surface area (Å²) in [5.74, 6) is 1.89. The summed E-state index contributed by atoms with van der Waals surface area (Å²) >= 11 is 0. The number of nitrogens with two attached hydrogens (primary N) is 1. The standard InChI is InChI=1S/C12H12N4O/c13-11-5-6-14-12(16-11)15-9-7-17-10-4-2-1-3-8(9)10/h1-6,9H,7H2,(H3,13,14,15,16). The third-order valence-corrected chi connectivity index (χ3v) is 2.68. The van der Waals surface area contributed by atoms with E-state index in [0.29, 0.717) is 18.4 Å². The molecule has 0 fully saturated rings. The Morgan fingerprint density at radius 3 is 3.06 bits per heavy atom. The SMILES string of the molecule is Nc1ccnc(NC2COc3ccccc32)n1. The third-order valence-electron chi connectivity index (χ3n) is 2.68. The fourth-order valence-electron chi connectivity index (χ4n) is 1.88. The predicted molar refractivity (Wildman–Crippen MR) is 64.7 cm³/mol. The van der Waals surface area contributed by atoms with Crippen LogP contribution in [0.1, 0.15) is 11.6 Å². The van der Waals surface area contributed by atoms with E-state index in [4.69, 9.17) is 10.5 Å². The molecule has 2 aromatic rings. The van der Waals surface area contributed by atoms with Gasteiger partial charge in [0.15, 0.2) is 0 Å². The summed E-state index contributed by atoms with van der Waals surface area (Å²) in [6.07, 6.45) is 1.63. The highest BCUT2D eigenvalue weighted by Crippen LogP contribution is 2.33. The molecule has 0 saturated heterocycles. The first-order chi connectivity index (χ1) is 8.33. The van der Waals surface area contributed by atoms with Crippen LogP contribution < -0.4 is 15.8 Å². The first-order valence-electron chi connectivity index (χ1n) is 5.40. The Morgan fingerprint density at radius 2 is 2.18 bits per heavy atom. The molecular formula is C12H12N4O. The van der Waals surface area contributed by atoms with E-state index in [-0.39, 0.29) is 6.04 Å². The molecule has 1 atom stereocenters. The number of para-hydroxylation sites is 1. The quantitative estimate of drug-likeness (QED) is 0.816. The molecular weight excluding hydrogens is 216 g/mol. The highest BCUT2D eigenvalue weighted by Gasteiger charge is 2.23. The van der Waals surface area contributed by atoms with Gasteiger partial charge >= 0.3 is 0 Å². The Hall–Kier alpha value is -2.30. The minimum absolute atomic E-state index is 0.0769. The van der Waals surface area contributed by atoms with Gasteiger partial charge in [0, 0.05) is 11.8 Å². The van der Waals surface area contributed by atoms with Gasteiger partial charge < -0.3 is 15.8 Å². The van der Waals surface area contributed by atoms with E-state index in [2.05, 4.69) is 15.3 Å². The average Bonchev–Trinajstić information content (AvgIpc) is 2.73. The van der Waals surface area contributed by atoms with E-state index in [1.165, 1.54) is 0 Å². The highest BCUT2D eigenvalue weighted by molar-refractivity contribution is 5.45. The minimum atomic E-state index is 0.0769. The molecule has 1 aromatic carbocycles. The zero-order chi connectivity index (χ0) is 11.7. The van der Waals surface area contributed by atoms with Crippen molar-refractivity contribution in [2.24, 2.45) is 0 Å². The summed E-state index contributed by atoms with van der Waals surface area (Å²) in [5, 5.41) is 3.21. The first-order valence-corrected chi connectivity index (χ1v) is 5.40. The van der Waals surface area contributed by atoms with Crippen molar-refractivity contribution in [3.63, 3.8) is 0 Å². The zero-order valence-electron chi connectivity index (χ0n) is 9.13. The summed E-state index contributed by atoms with van der Waals surface area (Å²) < 4.78 is 5.56. The van der Waals surface area contributed by atoms with Crippen molar-refractivity contribution in [3.05, 3.63) is 42.1 Å². The normalized spacial score (nSPS) is 17.3. The van der Waals surface area contributed by atoms with Crippen LogP contribution in [-0.2, 0) is 0 Å². The number of rotatable bonds is 2. The molecule has 0 spiro atoms. The van der Waals surface area contributed by atoms with E-state index in [1.807, 2.05) is 24.3 Å². The number of anilines is 2. The molecule has 1 aliphatic rings. The topological polar surface area (TPSA) is 73.1 Å². The van der Waals surface area contributed by atoms with E-state index < -0.39 is 0 Å². The molecule has 0 radical (unpaired) electrons. The van der Waals surface area contributed by atoms with Crippen LogP contribution in [0.4, 0.5) is 11.8 Å². The van der Waals surface area contributed by atoms with Crippen molar-refractivity contribution in [2.75, 3.05) is 17.7 Å². The number of fused-ring (bicyclic) bond motifs is 1. The van der Waals surface area contributed by atoms with Crippen LogP contribution in [0.25, 0.3) is 0 Å². The Kier molecular flexibility index (Phi) is 2.29. The molecule has 0 aliphatic carbocycles. The van der Waals surface area contributed by atoms with E-state index in [1.54, 1.807) is 12.3 Å². The van der Waals surface area contributed by atoms with Gasteiger partial charge in [-0.1, -0.05) is 18.2 Å². The second-order valence-corrected chi connectivity index (χ2v) is 3.85. The molecule has 1 aliphatic heterocycles. The molecule has 17 heavy (non-hydrogen) atoms. The van der Waals surface area contributed by atoms with Gasteiger partial charge in [0.2, 0.25) is 5.95 Å². The van der Waals surface area contributed by atoms with Crippen molar-refractivity contribution >= 4 is 11.8 Å².